The van der Waals surface area contributed by atoms with Gasteiger partial charge in [-0.2, -0.15) is 0 Å². The zero-order valence-corrected chi connectivity index (χ0v) is 12.3. The lowest BCUT2D eigenvalue weighted by Gasteiger charge is -2.21. The fourth-order valence-electron chi connectivity index (χ4n) is 2.10. The summed E-state index contributed by atoms with van der Waals surface area (Å²) in [6.45, 7) is 1.99. The largest absolute Gasteiger partial charge is 0.491 e. The number of para-hydroxylation sites is 1. The van der Waals surface area contributed by atoms with Gasteiger partial charge in [0.2, 0.25) is 0 Å². The van der Waals surface area contributed by atoms with Crippen LogP contribution in [0.4, 0.5) is 5.82 Å². The molecule has 0 unspecified atom stereocenters. The predicted molar refractivity (Wildman–Crippen MR) is 80.6 cm³/mol. The molecule has 0 fully saturated rings. The molecule has 0 radical (unpaired) electrons. The van der Waals surface area contributed by atoms with Gasteiger partial charge < -0.3 is 14.6 Å². The normalized spacial score (nSPS) is 14.5. The van der Waals surface area contributed by atoms with Crippen LogP contribution in [0.3, 0.4) is 0 Å². The second-order valence-corrected chi connectivity index (χ2v) is 5.33. The summed E-state index contributed by atoms with van der Waals surface area (Å²) in [6.07, 6.45) is 1.44. The first-order chi connectivity index (χ1) is 9.25. The second kappa shape index (κ2) is 5.20. The number of aromatic nitrogens is 2. The van der Waals surface area contributed by atoms with Crippen molar-refractivity contribution in [2.75, 3.05) is 18.1 Å². The number of nitrogens with one attached hydrogen (secondary N) is 1. The van der Waals surface area contributed by atoms with E-state index in [1.807, 2.05) is 46.9 Å². The number of hydrogen-bond donors (Lipinski definition) is 1. The molecule has 0 amide bonds. The van der Waals surface area contributed by atoms with Gasteiger partial charge in [-0.25, -0.2) is 4.98 Å². The van der Waals surface area contributed by atoms with E-state index in [2.05, 4.69) is 14.9 Å². The monoisotopic (exact) mass is 369 g/mol. The maximum Gasteiger partial charge on any atom is 0.266 e. The molecule has 1 aliphatic heterocycles. The van der Waals surface area contributed by atoms with Gasteiger partial charge in [0.15, 0.2) is 0 Å². The van der Waals surface area contributed by atoms with Crippen molar-refractivity contribution in [3.63, 3.8) is 0 Å². The Bertz CT molecular complexity index is 656. The van der Waals surface area contributed by atoms with E-state index in [1.54, 1.807) is 0 Å². The molecule has 0 aliphatic carbocycles. The number of fused-ring (bicyclic) bond motifs is 1. The summed E-state index contributed by atoms with van der Waals surface area (Å²) in [6, 6.07) is 7.95. The molecule has 1 aliphatic rings. The minimum absolute atomic E-state index is 0.107. The Labute approximate surface area is 123 Å². The molecule has 1 aromatic heterocycles. The molecular formula is C13H12IN3O2. The van der Waals surface area contributed by atoms with Gasteiger partial charge in [0.1, 0.15) is 21.7 Å². The number of halogens is 1. The molecule has 0 spiro atoms. The molecule has 98 valence electrons. The summed E-state index contributed by atoms with van der Waals surface area (Å²) in [5.41, 5.74) is 1.00. The molecule has 0 saturated carbocycles. The molecule has 3 rings (SSSR count). The van der Waals surface area contributed by atoms with E-state index < -0.39 is 0 Å². The molecule has 1 N–H and O–H groups in total. The van der Waals surface area contributed by atoms with Crippen LogP contribution in [0.5, 0.6) is 5.75 Å². The van der Waals surface area contributed by atoms with Crippen molar-refractivity contribution < 1.29 is 4.74 Å². The predicted octanol–water partition coefficient (Wildman–Crippen LogP) is 1.77. The van der Waals surface area contributed by atoms with Gasteiger partial charge in [-0.15, -0.1) is 0 Å². The van der Waals surface area contributed by atoms with Crippen molar-refractivity contribution in [2.45, 2.75) is 6.54 Å². The summed E-state index contributed by atoms with van der Waals surface area (Å²) in [4.78, 5) is 20.6. The molecule has 1 aromatic carbocycles. The molecule has 0 saturated heterocycles. The number of ether oxygens (including phenoxy) is 1. The highest BCUT2D eigenvalue weighted by Gasteiger charge is 2.19. The number of aromatic amines is 1. The quantitative estimate of drug-likeness (QED) is 0.779. The minimum Gasteiger partial charge on any atom is -0.491 e. The zero-order valence-electron chi connectivity index (χ0n) is 10.1. The van der Waals surface area contributed by atoms with E-state index in [4.69, 9.17) is 4.74 Å². The molecule has 0 bridgehead atoms. The Balaban J connectivity index is 1.99. The third-order valence-corrected chi connectivity index (χ3v) is 4.00. The number of benzene rings is 1. The van der Waals surface area contributed by atoms with Gasteiger partial charge in [0.25, 0.3) is 5.56 Å². The first-order valence-corrected chi connectivity index (χ1v) is 7.02. The van der Waals surface area contributed by atoms with Crippen LogP contribution in [-0.2, 0) is 6.54 Å². The van der Waals surface area contributed by atoms with E-state index in [0.29, 0.717) is 29.1 Å². The lowest BCUT2D eigenvalue weighted by molar-refractivity contribution is 0.331. The third kappa shape index (κ3) is 2.44. The Morgan fingerprint density at radius 3 is 3.11 bits per heavy atom. The first kappa shape index (κ1) is 12.5. The van der Waals surface area contributed by atoms with Crippen LogP contribution in [0.1, 0.15) is 5.56 Å². The van der Waals surface area contributed by atoms with Crippen LogP contribution in [-0.4, -0.2) is 23.1 Å². The van der Waals surface area contributed by atoms with E-state index in [1.165, 1.54) is 6.33 Å². The first-order valence-electron chi connectivity index (χ1n) is 5.94. The van der Waals surface area contributed by atoms with Crippen LogP contribution in [0.15, 0.2) is 35.4 Å². The van der Waals surface area contributed by atoms with Crippen molar-refractivity contribution in [2.24, 2.45) is 0 Å². The van der Waals surface area contributed by atoms with Gasteiger partial charge in [0.05, 0.1) is 12.9 Å². The van der Waals surface area contributed by atoms with Crippen molar-refractivity contribution in [3.8, 4) is 5.75 Å². The molecule has 5 nitrogen and oxygen atoms in total. The Kier molecular flexibility index (Phi) is 3.41. The summed E-state index contributed by atoms with van der Waals surface area (Å²) in [5, 5.41) is 0. The second-order valence-electron chi connectivity index (χ2n) is 4.25. The van der Waals surface area contributed by atoms with E-state index in [-0.39, 0.29) is 5.56 Å². The fraction of sp³-hybridized carbons (Fsp3) is 0.231. The van der Waals surface area contributed by atoms with Crippen LogP contribution in [0.2, 0.25) is 0 Å². The van der Waals surface area contributed by atoms with Crippen LogP contribution >= 0.6 is 22.6 Å². The Hall–Kier alpha value is -1.57. The maximum absolute atomic E-state index is 11.7. The molecule has 19 heavy (non-hydrogen) atoms. The molecule has 2 aromatic rings. The van der Waals surface area contributed by atoms with Crippen molar-refractivity contribution >= 4 is 28.4 Å². The zero-order chi connectivity index (χ0) is 13.2. The topological polar surface area (TPSA) is 58.2 Å². The molecule has 2 heterocycles. The number of nitrogens with zero attached hydrogens (tertiary/aromatic N) is 2. The van der Waals surface area contributed by atoms with Crippen LogP contribution in [0.25, 0.3) is 0 Å². The fourth-order valence-corrected chi connectivity index (χ4v) is 2.74. The average molecular weight is 369 g/mol. The Morgan fingerprint density at radius 1 is 1.37 bits per heavy atom. The standard InChI is InChI=1S/C13H12IN3O2/c14-11-12(15-8-16-13(11)18)17-5-6-19-10-4-2-1-3-9(10)7-17/h1-4,8H,5-7H2,(H,15,16,18). The summed E-state index contributed by atoms with van der Waals surface area (Å²) in [5.74, 6) is 1.62. The summed E-state index contributed by atoms with van der Waals surface area (Å²) < 4.78 is 6.32. The highest BCUT2D eigenvalue weighted by Crippen LogP contribution is 2.26. The van der Waals surface area contributed by atoms with Gasteiger partial charge in [-0.05, 0) is 28.7 Å². The van der Waals surface area contributed by atoms with E-state index >= 15 is 0 Å². The smallest absolute Gasteiger partial charge is 0.266 e. The highest BCUT2D eigenvalue weighted by molar-refractivity contribution is 14.1. The van der Waals surface area contributed by atoms with Crippen molar-refractivity contribution in [1.29, 1.82) is 0 Å². The van der Waals surface area contributed by atoms with Gasteiger partial charge in [-0.1, -0.05) is 18.2 Å². The minimum atomic E-state index is -0.107. The van der Waals surface area contributed by atoms with E-state index in [0.717, 1.165) is 11.3 Å². The summed E-state index contributed by atoms with van der Waals surface area (Å²) in [7, 11) is 0. The Morgan fingerprint density at radius 2 is 2.21 bits per heavy atom. The number of hydrogen-bond acceptors (Lipinski definition) is 4. The number of H-pyrrole nitrogens is 1. The molecular weight excluding hydrogens is 357 g/mol. The van der Waals surface area contributed by atoms with Gasteiger partial charge in [-0.3, -0.25) is 4.79 Å². The lowest BCUT2D eigenvalue weighted by Crippen LogP contribution is -2.29. The third-order valence-electron chi connectivity index (χ3n) is 3.03. The van der Waals surface area contributed by atoms with Gasteiger partial charge >= 0.3 is 0 Å². The SMILES string of the molecule is O=c1[nH]cnc(N2CCOc3ccccc3C2)c1I. The van der Waals surface area contributed by atoms with Crippen molar-refractivity contribution in [3.05, 3.63) is 50.1 Å². The molecule has 0 atom stereocenters. The van der Waals surface area contributed by atoms with Crippen LogP contribution < -0.4 is 15.2 Å². The summed E-state index contributed by atoms with van der Waals surface area (Å²) >= 11 is 2.03. The van der Waals surface area contributed by atoms with Crippen molar-refractivity contribution in [1.82, 2.24) is 9.97 Å². The highest BCUT2D eigenvalue weighted by atomic mass is 127. The average Bonchev–Trinajstić information content (AvgIpc) is 2.64. The number of anilines is 1. The maximum atomic E-state index is 11.7. The van der Waals surface area contributed by atoms with Gasteiger partial charge in [0, 0.05) is 12.1 Å². The molecule has 6 heteroatoms. The lowest BCUT2D eigenvalue weighted by atomic mass is 10.2. The van der Waals surface area contributed by atoms with Crippen LogP contribution in [0, 0.1) is 3.57 Å². The number of rotatable bonds is 1. The van der Waals surface area contributed by atoms with E-state index in [9.17, 15) is 4.79 Å².